The molecule has 3 heterocycles. The van der Waals surface area contributed by atoms with Crippen LogP contribution in [0.2, 0.25) is 0 Å². The number of carbonyl (C=O) groups excluding carboxylic acids is 2. The van der Waals surface area contributed by atoms with E-state index in [4.69, 9.17) is 4.74 Å². The first-order valence-corrected chi connectivity index (χ1v) is 10.9. The zero-order valence-corrected chi connectivity index (χ0v) is 17.1. The molecule has 4 rings (SSSR count). The third-order valence-corrected chi connectivity index (χ3v) is 6.24. The van der Waals surface area contributed by atoms with Gasteiger partial charge in [-0.2, -0.15) is 0 Å². The summed E-state index contributed by atoms with van der Waals surface area (Å²) in [7, 11) is 0. The van der Waals surface area contributed by atoms with Crippen molar-refractivity contribution >= 4 is 23.6 Å². The summed E-state index contributed by atoms with van der Waals surface area (Å²) >= 11 is 0. The topological polar surface area (TPSA) is 53.1 Å². The Bertz CT molecular complexity index is 732. The van der Waals surface area contributed by atoms with Gasteiger partial charge in [-0.1, -0.05) is 12.1 Å². The minimum atomic E-state index is 0.0913. The molecule has 2 amide bonds. The van der Waals surface area contributed by atoms with Crippen LogP contribution < -0.4 is 4.90 Å². The summed E-state index contributed by atoms with van der Waals surface area (Å²) in [6, 6.07) is 7.87. The number of rotatable bonds is 5. The van der Waals surface area contributed by atoms with Crippen molar-refractivity contribution in [3.05, 3.63) is 35.9 Å². The van der Waals surface area contributed by atoms with Gasteiger partial charge in [0.05, 0.1) is 13.2 Å². The molecule has 0 aliphatic carbocycles. The van der Waals surface area contributed by atoms with Crippen molar-refractivity contribution in [3.8, 4) is 0 Å². The van der Waals surface area contributed by atoms with Crippen LogP contribution >= 0.6 is 0 Å². The molecule has 1 aromatic carbocycles. The van der Waals surface area contributed by atoms with Gasteiger partial charge in [-0.3, -0.25) is 14.5 Å². The first kappa shape index (κ1) is 20.1. The van der Waals surface area contributed by atoms with Gasteiger partial charge in [-0.05, 0) is 49.0 Å². The molecule has 1 aromatic rings. The van der Waals surface area contributed by atoms with Crippen molar-refractivity contribution in [1.82, 2.24) is 9.80 Å². The molecular weight excluding hydrogens is 366 g/mol. The molecule has 0 unspecified atom stereocenters. The van der Waals surface area contributed by atoms with Gasteiger partial charge < -0.3 is 14.5 Å². The quantitative estimate of drug-likeness (QED) is 0.716. The Hall–Kier alpha value is -2.18. The summed E-state index contributed by atoms with van der Waals surface area (Å²) in [5, 5.41) is 0. The summed E-state index contributed by atoms with van der Waals surface area (Å²) in [6.07, 6.45) is 7.28. The molecule has 0 bridgehead atoms. The lowest BCUT2D eigenvalue weighted by molar-refractivity contribution is -0.127. The van der Waals surface area contributed by atoms with Crippen LogP contribution in [-0.4, -0.2) is 74.1 Å². The summed E-state index contributed by atoms with van der Waals surface area (Å²) < 4.78 is 5.42. The number of morpholine rings is 1. The van der Waals surface area contributed by atoms with E-state index in [9.17, 15) is 9.59 Å². The van der Waals surface area contributed by atoms with Crippen LogP contribution in [0, 0.1) is 5.92 Å². The number of hydrogen-bond donors (Lipinski definition) is 0. The summed E-state index contributed by atoms with van der Waals surface area (Å²) in [5.74, 6) is 0.969. The fourth-order valence-corrected chi connectivity index (χ4v) is 4.44. The second kappa shape index (κ2) is 9.55. The minimum Gasteiger partial charge on any atom is -0.379 e. The van der Waals surface area contributed by atoms with Crippen LogP contribution in [0.25, 0.3) is 6.08 Å². The molecule has 0 radical (unpaired) electrons. The third kappa shape index (κ3) is 5.25. The minimum absolute atomic E-state index is 0.0913. The molecular formula is C23H31N3O3. The normalized spacial score (nSPS) is 22.0. The lowest BCUT2D eigenvalue weighted by Gasteiger charge is -2.35. The monoisotopic (exact) mass is 397 g/mol. The Morgan fingerprint density at radius 2 is 1.76 bits per heavy atom. The average Bonchev–Trinajstić information content (AvgIpc) is 3.19. The number of piperidine rings is 1. The molecule has 0 N–H and O–H groups in total. The molecule has 0 atom stereocenters. The predicted octanol–water partition coefficient (Wildman–Crippen LogP) is 2.40. The standard InChI is InChI=1S/C23H31N3O3/c27-22(25-12-9-20(10-13-25)18-24-14-16-29-17-15-24)8-5-19-3-6-21(7-4-19)26-11-1-2-23(26)28/h3-8,20H,1-2,9-18H2. The molecule has 0 aromatic heterocycles. The van der Waals surface area contributed by atoms with Crippen molar-refractivity contribution in [2.45, 2.75) is 25.7 Å². The van der Waals surface area contributed by atoms with Gasteiger partial charge in [0.1, 0.15) is 0 Å². The van der Waals surface area contributed by atoms with E-state index >= 15 is 0 Å². The van der Waals surface area contributed by atoms with Crippen LogP contribution in [0.3, 0.4) is 0 Å². The molecule has 6 nitrogen and oxygen atoms in total. The molecule has 3 fully saturated rings. The number of benzene rings is 1. The van der Waals surface area contributed by atoms with Crippen molar-refractivity contribution in [2.75, 3.05) is 57.4 Å². The van der Waals surface area contributed by atoms with E-state index in [0.717, 1.165) is 83.0 Å². The fourth-order valence-electron chi connectivity index (χ4n) is 4.44. The first-order chi connectivity index (χ1) is 14.2. The molecule has 29 heavy (non-hydrogen) atoms. The molecule has 6 heteroatoms. The highest BCUT2D eigenvalue weighted by molar-refractivity contribution is 5.95. The highest BCUT2D eigenvalue weighted by Crippen LogP contribution is 2.22. The van der Waals surface area contributed by atoms with Gasteiger partial charge >= 0.3 is 0 Å². The van der Waals surface area contributed by atoms with Crippen LogP contribution in [0.5, 0.6) is 0 Å². The highest BCUT2D eigenvalue weighted by atomic mass is 16.5. The lowest BCUT2D eigenvalue weighted by atomic mass is 9.96. The Morgan fingerprint density at radius 3 is 2.41 bits per heavy atom. The third-order valence-electron chi connectivity index (χ3n) is 6.24. The largest absolute Gasteiger partial charge is 0.379 e. The number of hydrogen-bond acceptors (Lipinski definition) is 4. The van der Waals surface area contributed by atoms with Crippen molar-refractivity contribution in [2.24, 2.45) is 5.92 Å². The van der Waals surface area contributed by atoms with E-state index in [1.807, 2.05) is 40.1 Å². The maximum atomic E-state index is 12.5. The first-order valence-electron chi connectivity index (χ1n) is 10.9. The zero-order chi connectivity index (χ0) is 20.1. The fraction of sp³-hybridized carbons (Fsp3) is 0.565. The SMILES string of the molecule is O=C(C=Cc1ccc(N2CCCC2=O)cc1)N1CCC(CN2CCOCC2)CC1. The summed E-state index contributed by atoms with van der Waals surface area (Å²) in [5.41, 5.74) is 1.93. The van der Waals surface area contributed by atoms with Crippen LogP contribution in [0.4, 0.5) is 5.69 Å². The van der Waals surface area contributed by atoms with E-state index in [-0.39, 0.29) is 11.8 Å². The molecule has 0 spiro atoms. The van der Waals surface area contributed by atoms with Gasteiger partial charge in [0.15, 0.2) is 0 Å². The number of nitrogens with zero attached hydrogens (tertiary/aromatic N) is 3. The molecule has 0 saturated carbocycles. The smallest absolute Gasteiger partial charge is 0.246 e. The summed E-state index contributed by atoms with van der Waals surface area (Å²) in [6.45, 7) is 7.37. The maximum Gasteiger partial charge on any atom is 0.246 e. The molecule has 3 aliphatic rings. The average molecular weight is 398 g/mol. The van der Waals surface area contributed by atoms with Gasteiger partial charge in [0.25, 0.3) is 0 Å². The molecule has 156 valence electrons. The van der Waals surface area contributed by atoms with Crippen molar-refractivity contribution in [3.63, 3.8) is 0 Å². The van der Waals surface area contributed by atoms with E-state index in [0.29, 0.717) is 12.3 Å². The van der Waals surface area contributed by atoms with Crippen molar-refractivity contribution in [1.29, 1.82) is 0 Å². The molecule has 3 saturated heterocycles. The van der Waals surface area contributed by atoms with E-state index in [2.05, 4.69) is 4.90 Å². The van der Waals surface area contributed by atoms with Crippen LogP contribution in [0.1, 0.15) is 31.2 Å². The number of anilines is 1. The second-order valence-corrected chi connectivity index (χ2v) is 8.26. The maximum absolute atomic E-state index is 12.5. The van der Waals surface area contributed by atoms with Gasteiger partial charge in [-0.15, -0.1) is 0 Å². The van der Waals surface area contributed by atoms with Crippen LogP contribution in [-0.2, 0) is 14.3 Å². The zero-order valence-electron chi connectivity index (χ0n) is 17.1. The van der Waals surface area contributed by atoms with Crippen LogP contribution in [0.15, 0.2) is 30.3 Å². The Morgan fingerprint density at radius 1 is 1.03 bits per heavy atom. The highest BCUT2D eigenvalue weighted by Gasteiger charge is 2.24. The second-order valence-electron chi connectivity index (χ2n) is 8.26. The predicted molar refractivity (Wildman–Crippen MR) is 114 cm³/mol. The number of carbonyl (C=O) groups is 2. The Kier molecular flexibility index (Phi) is 6.62. The summed E-state index contributed by atoms with van der Waals surface area (Å²) in [4.78, 5) is 30.7. The molecule has 3 aliphatic heterocycles. The Labute approximate surface area is 173 Å². The van der Waals surface area contributed by atoms with Gasteiger partial charge in [-0.25, -0.2) is 0 Å². The number of ether oxygens (including phenoxy) is 1. The van der Waals surface area contributed by atoms with E-state index < -0.39 is 0 Å². The Balaban J connectivity index is 1.24. The van der Waals surface area contributed by atoms with E-state index in [1.165, 1.54) is 0 Å². The lowest BCUT2D eigenvalue weighted by Crippen LogP contribution is -2.43. The van der Waals surface area contributed by atoms with Gasteiger partial charge in [0.2, 0.25) is 11.8 Å². The van der Waals surface area contributed by atoms with E-state index in [1.54, 1.807) is 6.08 Å². The number of likely N-dealkylation sites (tertiary alicyclic amines) is 1. The van der Waals surface area contributed by atoms with Crippen molar-refractivity contribution < 1.29 is 14.3 Å². The number of amides is 2. The van der Waals surface area contributed by atoms with Gasteiger partial charge in [0, 0.05) is 57.5 Å².